The first-order valence-corrected chi connectivity index (χ1v) is 9.45. The molecule has 0 radical (unpaired) electrons. The van der Waals surface area contributed by atoms with E-state index in [1.807, 2.05) is 36.6 Å². The monoisotopic (exact) mass is 383 g/mol. The van der Waals surface area contributed by atoms with Gasteiger partial charge < -0.3 is 9.80 Å². The Bertz CT molecular complexity index is 956. The minimum absolute atomic E-state index is 0.143. The van der Waals surface area contributed by atoms with Crippen molar-refractivity contribution in [3.8, 4) is 5.95 Å². The highest BCUT2D eigenvalue weighted by Gasteiger charge is 2.25. The number of aromatic nitrogens is 4. The van der Waals surface area contributed by atoms with Crippen molar-refractivity contribution in [2.45, 2.75) is 13.8 Å². The maximum absolute atomic E-state index is 13.1. The fraction of sp³-hybridized carbons (Fsp3) is 0.350. The third-order valence-corrected chi connectivity index (χ3v) is 5.42. The number of Topliss-reactive ketones (excluding diaryl/α,β-unsaturated/α-hetero) is 1. The minimum atomic E-state index is -0.221. The van der Waals surface area contributed by atoms with Gasteiger partial charge in [-0.25, -0.2) is 9.49 Å². The number of nitrogens with zero attached hydrogens (tertiary/aromatic N) is 4. The predicted octanol–water partition coefficient (Wildman–Crippen LogP) is 0.939. The molecule has 0 saturated carbocycles. The van der Waals surface area contributed by atoms with Gasteiger partial charge in [0.05, 0.1) is 26.2 Å². The van der Waals surface area contributed by atoms with Crippen molar-refractivity contribution in [3.05, 3.63) is 59.4 Å². The molecule has 1 aromatic carbocycles. The lowest BCUT2D eigenvalue weighted by Crippen LogP contribution is -3.15. The second-order valence-electron chi connectivity index (χ2n) is 7.24. The van der Waals surface area contributed by atoms with E-state index in [-0.39, 0.29) is 11.6 Å². The van der Waals surface area contributed by atoms with E-state index < -0.39 is 0 Å². The first-order valence-electron chi connectivity index (χ1n) is 9.45. The quantitative estimate of drug-likeness (QED) is 0.644. The molecule has 1 fully saturated rings. The second-order valence-corrected chi connectivity index (χ2v) is 7.24. The van der Waals surface area contributed by atoms with Crippen molar-refractivity contribution in [1.82, 2.24) is 19.7 Å². The highest BCUT2D eigenvalue weighted by atomic mass is 19.1. The van der Waals surface area contributed by atoms with Gasteiger partial charge in [0.25, 0.3) is 0 Å². The van der Waals surface area contributed by atoms with Gasteiger partial charge in [-0.3, -0.25) is 9.36 Å². The Morgan fingerprint density at radius 3 is 2.57 bits per heavy atom. The zero-order chi connectivity index (χ0) is 19.7. The number of nitrogens with one attached hydrogen (secondary N) is 2. The van der Waals surface area contributed by atoms with Crippen LogP contribution in [0, 0.1) is 19.7 Å². The van der Waals surface area contributed by atoms with Crippen LogP contribution in [0.2, 0.25) is 0 Å². The molecule has 0 spiro atoms. The number of quaternary nitrogens is 1. The molecular weight excluding hydrogens is 359 g/mol. The topological polar surface area (TPSA) is 71.2 Å². The SMILES string of the molecule is Cc1cc(C(=O)C[NH+]2CCN(c3ccc(F)cc3)CC2)c(C)n1-c1ncn[nH]1. The van der Waals surface area contributed by atoms with Gasteiger partial charge in [-0.1, -0.05) is 0 Å². The van der Waals surface area contributed by atoms with Crippen LogP contribution in [-0.2, 0) is 0 Å². The number of piperazine rings is 1. The normalized spacial score (nSPS) is 15.2. The van der Waals surface area contributed by atoms with E-state index >= 15 is 0 Å². The van der Waals surface area contributed by atoms with Crippen LogP contribution < -0.4 is 9.80 Å². The molecule has 28 heavy (non-hydrogen) atoms. The maximum atomic E-state index is 13.1. The molecule has 3 heterocycles. The largest absolute Gasteiger partial charge is 0.360 e. The number of benzene rings is 1. The van der Waals surface area contributed by atoms with E-state index in [0.29, 0.717) is 12.5 Å². The van der Waals surface area contributed by atoms with E-state index in [9.17, 15) is 9.18 Å². The lowest BCUT2D eigenvalue weighted by Gasteiger charge is -2.33. The van der Waals surface area contributed by atoms with Crippen LogP contribution in [0.25, 0.3) is 5.95 Å². The molecule has 8 heteroatoms. The van der Waals surface area contributed by atoms with Crippen molar-refractivity contribution in [2.75, 3.05) is 37.6 Å². The van der Waals surface area contributed by atoms with E-state index in [1.165, 1.54) is 23.4 Å². The third kappa shape index (κ3) is 3.55. The van der Waals surface area contributed by atoms with Crippen LogP contribution in [-0.4, -0.2) is 58.3 Å². The summed E-state index contributed by atoms with van der Waals surface area (Å²) >= 11 is 0. The van der Waals surface area contributed by atoms with Crippen molar-refractivity contribution >= 4 is 11.5 Å². The number of rotatable bonds is 5. The minimum Gasteiger partial charge on any atom is -0.360 e. The molecule has 7 nitrogen and oxygen atoms in total. The summed E-state index contributed by atoms with van der Waals surface area (Å²) in [4.78, 5) is 20.6. The lowest BCUT2D eigenvalue weighted by atomic mass is 10.1. The molecular formula is C20H24FN6O+. The number of aromatic amines is 1. The van der Waals surface area contributed by atoms with Gasteiger partial charge in [0.1, 0.15) is 18.7 Å². The average Bonchev–Trinajstić information content (AvgIpc) is 3.31. The summed E-state index contributed by atoms with van der Waals surface area (Å²) in [6.07, 6.45) is 1.46. The zero-order valence-corrected chi connectivity index (χ0v) is 16.1. The predicted molar refractivity (Wildman–Crippen MR) is 104 cm³/mol. The van der Waals surface area contributed by atoms with Gasteiger partial charge in [-0.2, -0.15) is 10.1 Å². The second kappa shape index (κ2) is 7.55. The number of ketones is 1. The number of aryl methyl sites for hydroxylation is 1. The number of hydrogen-bond acceptors (Lipinski definition) is 4. The van der Waals surface area contributed by atoms with E-state index in [4.69, 9.17) is 0 Å². The molecule has 2 aromatic heterocycles. The standard InChI is InChI=1S/C20H23FN6O/c1-14-11-18(15(2)27(14)20-22-13-23-24-20)19(28)12-25-7-9-26(10-8-25)17-5-3-16(21)4-6-17/h3-6,11,13H,7-10,12H2,1-2H3,(H,22,23,24)/p+1. The van der Waals surface area contributed by atoms with Crippen molar-refractivity contribution in [2.24, 2.45) is 0 Å². The van der Waals surface area contributed by atoms with Gasteiger partial charge in [-0.15, -0.1) is 0 Å². The average molecular weight is 383 g/mol. The van der Waals surface area contributed by atoms with Gasteiger partial charge in [-0.05, 0) is 44.2 Å². The Hall–Kier alpha value is -3.00. The Labute approximate surface area is 162 Å². The summed E-state index contributed by atoms with van der Waals surface area (Å²) in [5.74, 6) is 0.542. The first kappa shape index (κ1) is 18.4. The van der Waals surface area contributed by atoms with Crippen LogP contribution in [0.3, 0.4) is 0 Å². The van der Waals surface area contributed by atoms with Gasteiger partial charge >= 0.3 is 0 Å². The summed E-state index contributed by atoms with van der Waals surface area (Å²) in [6.45, 7) is 7.83. The Morgan fingerprint density at radius 2 is 1.93 bits per heavy atom. The van der Waals surface area contributed by atoms with Crippen LogP contribution in [0.15, 0.2) is 36.7 Å². The van der Waals surface area contributed by atoms with E-state index in [1.54, 1.807) is 0 Å². The van der Waals surface area contributed by atoms with E-state index in [0.717, 1.165) is 48.8 Å². The zero-order valence-electron chi connectivity index (χ0n) is 16.1. The molecule has 2 N–H and O–H groups in total. The van der Waals surface area contributed by atoms with Gasteiger partial charge in [0, 0.05) is 22.6 Å². The maximum Gasteiger partial charge on any atom is 0.229 e. The summed E-state index contributed by atoms with van der Waals surface area (Å²) in [5, 5.41) is 6.74. The van der Waals surface area contributed by atoms with Crippen LogP contribution in [0.4, 0.5) is 10.1 Å². The molecule has 0 atom stereocenters. The van der Waals surface area contributed by atoms with E-state index in [2.05, 4.69) is 20.1 Å². The summed E-state index contributed by atoms with van der Waals surface area (Å²) in [7, 11) is 0. The lowest BCUT2D eigenvalue weighted by molar-refractivity contribution is -0.892. The van der Waals surface area contributed by atoms with Crippen LogP contribution >= 0.6 is 0 Å². The van der Waals surface area contributed by atoms with Crippen LogP contribution in [0.1, 0.15) is 21.7 Å². The Balaban J connectivity index is 1.40. The summed E-state index contributed by atoms with van der Waals surface area (Å²) < 4.78 is 15.0. The van der Waals surface area contributed by atoms with Gasteiger partial charge in [0.15, 0.2) is 0 Å². The van der Waals surface area contributed by atoms with Crippen molar-refractivity contribution in [3.63, 3.8) is 0 Å². The molecule has 1 aliphatic rings. The molecule has 4 rings (SSSR count). The van der Waals surface area contributed by atoms with Crippen LogP contribution in [0.5, 0.6) is 0 Å². The summed E-state index contributed by atoms with van der Waals surface area (Å²) in [5.41, 5.74) is 3.60. The Kier molecular flexibility index (Phi) is 4.95. The number of carbonyl (C=O) groups is 1. The number of halogens is 1. The summed E-state index contributed by atoms with van der Waals surface area (Å²) in [6, 6.07) is 8.52. The number of anilines is 1. The number of hydrogen-bond donors (Lipinski definition) is 2. The molecule has 0 bridgehead atoms. The highest BCUT2D eigenvalue weighted by molar-refractivity contribution is 5.98. The van der Waals surface area contributed by atoms with Crippen molar-refractivity contribution in [1.29, 1.82) is 0 Å². The first-order chi connectivity index (χ1) is 13.5. The third-order valence-electron chi connectivity index (χ3n) is 5.42. The smallest absolute Gasteiger partial charge is 0.229 e. The molecule has 1 aliphatic heterocycles. The molecule has 0 amide bonds. The molecule has 1 saturated heterocycles. The fourth-order valence-electron chi connectivity index (χ4n) is 3.91. The molecule has 3 aromatic rings. The number of H-pyrrole nitrogens is 1. The highest BCUT2D eigenvalue weighted by Crippen LogP contribution is 2.18. The Morgan fingerprint density at radius 1 is 1.21 bits per heavy atom. The number of carbonyl (C=O) groups excluding carboxylic acids is 1. The molecule has 146 valence electrons. The molecule has 0 aliphatic carbocycles. The van der Waals surface area contributed by atoms with Crippen molar-refractivity contribution < 1.29 is 14.1 Å². The fourth-order valence-corrected chi connectivity index (χ4v) is 3.91. The van der Waals surface area contributed by atoms with Gasteiger partial charge in [0.2, 0.25) is 11.7 Å². The molecule has 0 unspecified atom stereocenters.